The summed E-state index contributed by atoms with van der Waals surface area (Å²) in [5, 5.41) is 3.06. The zero-order valence-corrected chi connectivity index (χ0v) is 27.7. The lowest BCUT2D eigenvalue weighted by Gasteiger charge is -2.37. The molecule has 4 rings (SSSR count). The number of hydrogen-bond acceptors (Lipinski definition) is 5. The molecule has 2 aromatic carbocycles. The Kier molecular flexibility index (Phi) is 12.2. The van der Waals surface area contributed by atoms with Gasteiger partial charge in [-0.15, -0.1) is 0 Å². The number of pyridine rings is 1. The van der Waals surface area contributed by atoms with E-state index in [2.05, 4.69) is 71.2 Å². The second-order valence-corrected chi connectivity index (χ2v) is 12.2. The molecule has 2 N–H and O–H groups in total. The number of hydrogen-bond donors (Lipinski definition) is 2. The number of nitrogens with zero attached hydrogens (tertiary/aromatic N) is 2. The van der Waals surface area contributed by atoms with E-state index in [0.29, 0.717) is 17.2 Å². The molecule has 0 unspecified atom stereocenters. The van der Waals surface area contributed by atoms with Crippen molar-refractivity contribution in [2.75, 3.05) is 37.7 Å². The molecule has 1 aromatic heterocycles. The van der Waals surface area contributed by atoms with E-state index in [4.69, 9.17) is 4.74 Å². The molecule has 0 saturated carbocycles. The minimum absolute atomic E-state index is 0.155. The maximum Gasteiger partial charge on any atom is 0.253 e. The van der Waals surface area contributed by atoms with Crippen molar-refractivity contribution >= 4 is 11.6 Å². The normalized spacial score (nSPS) is 13.8. The van der Waals surface area contributed by atoms with Crippen LogP contribution in [0.5, 0.6) is 0 Å². The number of carbonyl (C=O) groups excluding carboxylic acids is 1. The number of amides is 1. The molecule has 0 bridgehead atoms. The van der Waals surface area contributed by atoms with Crippen LogP contribution in [0.25, 0.3) is 11.1 Å². The van der Waals surface area contributed by atoms with E-state index in [9.17, 15) is 9.59 Å². The van der Waals surface area contributed by atoms with E-state index in [1.54, 1.807) is 0 Å². The summed E-state index contributed by atoms with van der Waals surface area (Å²) in [6.45, 7) is 18.2. The molecule has 0 spiro atoms. The molecule has 7 heteroatoms. The highest BCUT2D eigenvalue weighted by atomic mass is 16.5. The average molecular weight is 601 g/mol. The number of unbranched alkanes of at least 4 members (excludes halogenated alkanes) is 1. The first kappa shape index (κ1) is 33.5. The molecule has 3 aromatic rings. The first-order valence-corrected chi connectivity index (χ1v) is 16.5. The number of aromatic amines is 1. The Hall–Kier alpha value is -3.42. The van der Waals surface area contributed by atoms with Gasteiger partial charge in [-0.3, -0.25) is 14.5 Å². The third-order valence-corrected chi connectivity index (χ3v) is 8.89. The Labute approximate surface area is 264 Å². The summed E-state index contributed by atoms with van der Waals surface area (Å²) in [4.78, 5) is 34.3. The van der Waals surface area contributed by atoms with Gasteiger partial charge in [0.2, 0.25) is 0 Å². The molecule has 0 aliphatic carbocycles. The quantitative estimate of drug-likeness (QED) is 0.210. The average Bonchev–Trinajstić information content (AvgIpc) is 3.01. The van der Waals surface area contributed by atoms with E-state index in [1.165, 1.54) is 18.4 Å². The summed E-state index contributed by atoms with van der Waals surface area (Å²) < 4.78 is 5.67. The number of nitrogens with one attached hydrogen (secondary N) is 2. The lowest BCUT2D eigenvalue weighted by molar-refractivity contribution is 0.0846. The minimum atomic E-state index is -0.171. The van der Waals surface area contributed by atoms with Crippen molar-refractivity contribution in [3.8, 4) is 11.1 Å². The van der Waals surface area contributed by atoms with Gasteiger partial charge in [0.1, 0.15) is 0 Å². The van der Waals surface area contributed by atoms with Crippen LogP contribution in [0.1, 0.15) is 91.2 Å². The highest BCUT2D eigenvalue weighted by molar-refractivity contribution is 5.99. The van der Waals surface area contributed by atoms with Gasteiger partial charge in [0.05, 0.1) is 0 Å². The van der Waals surface area contributed by atoms with Crippen molar-refractivity contribution in [1.82, 2.24) is 15.2 Å². The van der Waals surface area contributed by atoms with Crippen molar-refractivity contribution in [1.29, 1.82) is 0 Å². The second kappa shape index (κ2) is 16.1. The van der Waals surface area contributed by atoms with Crippen molar-refractivity contribution in [3.05, 3.63) is 86.3 Å². The van der Waals surface area contributed by atoms with E-state index in [-0.39, 0.29) is 18.0 Å². The fourth-order valence-corrected chi connectivity index (χ4v) is 6.42. The van der Waals surface area contributed by atoms with E-state index < -0.39 is 0 Å². The standard InChI is InChI=1S/C37H52N4O3/c1-7-10-18-40(17-8-2)25-29-11-13-30(14-12-29)31-22-33(36(42)38-24-34-26(4)21-27(5)39-37(34)43)28(6)35(23-31)41(9-3)32-15-19-44-20-16-32/h11-14,21-23,32H,7-10,15-20,24-25H2,1-6H3,(H,38,42)(H,39,43). The lowest BCUT2D eigenvalue weighted by atomic mass is 9.94. The summed E-state index contributed by atoms with van der Waals surface area (Å²) in [5.41, 5.74) is 8.22. The van der Waals surface area contributed by atoms with Crippen LogP contribution in [-0.4, -0.2) is 54.7 Å². The molecule has 7 nitrogen and oxygen atoms in total. The molecule has 1 saturated heterocycles. The molecule has 1 aliphatic rings. The summed E-state index contributed by atoms with van der Waals surface area (Å²) >= 11 is 0. The van der Waals surface area contributed by atoms with E-state index >= 15 is 0 Å². The fraction of sp³-hybridized carbons (Fsp3) is 0.514. The SMILES string of the molecule is CCCCN(CCC)Cc1ccc(-c2cc(C(=O)NCc3c(C)cc(C)[nH]c3=O)c(C)c(N(CC)C3CCOCC3)c2)cc1. The maximum atomic E-state index is 13.8. The third-order valence-electron chi connectivity index (χ3n) is 8.89. The Morgan fingerprint density at radius 1 is 0.955 bits per heavy atom. The summed E-state index contributed by atoms with van der Waals surface area (Å²) in [6, 6.07) is 15.4. The van der Waals surface area contributed by atoms with Crippen LogP contribution >= 0.6 is 0 Å². The van der Waals surface area contributed by atoms with E-state index in [0.717, 1.165) is 92.3 Å². The predicted octanol–water partition coefficient (Wildman–Crippen LogP) is 6.91. The highest BCUT2D eigenvalue weighted by Crippen LogP contribution is 2.34. The summed E-state index contributed by atoms with van der Waals surface area (Å²) in [7, 11) is 0. The van der Waals surface area contributed by atoms with Crippen LogP contribution in [-0.2, 0) is 17.8 Å². The van der Waals surface area contributed by atoms with Gasteiger partial charge in [-0.1, -0.05) is 44.5 Å². The third kappa shape index (κ3) is 8.39. The lowest BCUT2D eigenvalue weighted by Crippen LogP contribution is -2.40. The zero-order valence-electron chi connectivity index (χ0n) is 27.7. The molecule has 0 radical (unpaired) electrons. The number of H-pyrrole nitrogens is 1. The molecule has 1 aliphatic heterocycles. The van der Waals surface area contributed by atoms with Crippen LogP contribution in [0, 0.1) is 20.8 Å². The largest absolute Gasteiger partial charge is 0.381 e. The predicted molar refractivity (Wildman–Crippen MR) is 182 cm³/mol. The Morgan fingerprint density at radius 2 is 1.68 bits per heavy atom. The molecule has 2 heterocycles. The first-order valence-electron chi connectivity index (χ1n) is 16.5. The molecular weight excluding hydrogens is 548 g/mol. The van der Waals surface area contributed by atoms with Crippen LogP contribution < -0.4 is 15.8 Å². The topological polar surface area (TPSA) is 77.7 Å². The van der Waals surface area contributed by atoms with Gasteiger partial charge < -0.3 is 19.9 Å². The second-order valence-electron chi connectivity index (χ2n) is 12.2. The monoisotopic (exact) mass is 600 g/mol. The molecule has 238 valence electrons. The van der Waals surface area contributed by atoms with Gasteiger partial charge >= 0.3 is 0 Å². The molecular formula is C37H52N4O3. The maximum absolute atomic E-state index is 13.8. The highest BCUT2D eigenvalue weighted by Gasteiger charge is 2.25. The molecule has 44 heavy (non-hydrogen) atoms. The number of aryl methyl sites for hydroxylation is 2. The van der Waals surface area contributed by atoms with Gasteiger partial charge in [-0.05, 0) is 112 Å². The number of benzene rings is 2. The fourth-order valence-electron chi connectivity index (χ4n) is 6.42. The number of aromatic nitrogens is 1. The van der Waals surface area contributed by atoms with Crippen LogP contribution in [0.4, 0.5) is 5.69 Å². The number of anilines is 1. The smallest absolute Gasteiger partial charge is 0.253 e. The summed E-state index contributed by atoms with van der Waals surface area (Å²) in [5.74, 6) is -0.171. The number of ether oxygens (including phenoxy) is 1. The van der Waals surface area contributed by atoms with Gasteiger partial charge in [-0.25, -0.2) is 0 Å². The van der Waals surface area contributed by atoms with Gasteiger partial charge in [-0.2, -0.15) is 0 Å². The van der Waals surface area contributed by atoms with Crippen molar-refractivity contribution in [2.24, 2.45) is 0 Å². The van der Waals surface area contributed by atoms with Crippen molar-refractivity contribution in [2.45, 2.75) is 92.8 Å². The van der Waals surface area contributed by atoms with Crippen LogP contribution in [0.2, 0.25) is 0 Å². The zero-order chi connectivity index (χ0) is 31.6. The number of carbonyl (C=O) groups is 1. The van der Waals surface area contributed by atoms with Gasteiger partial charge in [0, 0.05) is 61.4 Å². The molecule has 1 fully saturated rings. The van der Waals surface area contributed by atoms with E-state index in [1.807, 2.05) is 32.9 Å². The van der Waals surface area contributed by atoms with Gasteiger partial charge in [0.15, 0.2) is 0 Å². The Bertz CT molecular complexity index is 1440. The summed E-state index contributed by atoms with van der Waals surface area (Å²) in [6.07, 6.45) is 5.51. The number of rotatable bonds is 14. The van der Waals surface area contributed by atoms with Crippen LogP contribution in [0.15, 0.2) is 47.3 Å². The molecule has 0 atom stereocenters. The Morgan fingerprint density at radius 3 is 2.32 bits per heavy atom. The Balaban J connectivity index is 1.67. The van der Waals surface area contributed by atoms with Crippen LogP contribution in [0.3, 0.4) is 0 Å². The van der Waals surface area contributed by atoms with Gasteiger partial charge in [0.25, 0.3) is 11.5 Å². The minimum Gasteiger partial charge on any atom is -0.381 e. The first-order chi connectivity index (χ1) is 21.2. The molecule has 1 amide bonds. The van der Waals surface area contributed by atoms with Crippen molar-refractivity contribution < 1.29 is 9.53 Å². The van der Waals surface area contributed by atoms with Crippen molar-refractivity contribution in [3.63, 3.8) is 0 Å².